The maximum Gasteiger partial charge on any atom is 0.306 e. The van der Waals surface area contributed by atoms with Crippen LogP contribution in [0.5, 0.6) is 0 Å². The highest BCUT2D eigenvalue weighted by Crippen LogP contribution is 2.68. The number of carbonyl (C=O) groups is 3. The normalized spacial score (nSPS) is 46.4. The van der Waals surface area contributed by atoms with E-state index in [4.69, 9.17) is 4.74 Å². The van der Waals surface area contributed by atoms with Gasteiger partial charge in [0.2, 0.25) is 0 Å². The van der Waals surface area contributed by atoms with Crippen molar-refractivity contribution in [3.63, 3.8) is 0 Å². The van der Waals surface area contributed by atoms with Crippen LogP contribution < -0.4 is 0 Å². The Morgan fingerprint density at radius 1 is 0.968 bits per heavy atom. The minimum atomic E-state index is -0.506. The average molecular weight is 433 g/mol. The average Bonchev–Trinajstić information content (AvgIpc) is 3.08. The van der Waals surface area contributed by atoms with E-state index in [9.17, 15) is 19.5 Å². The molecule has 31 heavy (non-hydrogen) atoms. The highest BCUT2D eigenvalue weighted by molar-refractivity contribution is 5.85. The third-order valence-corrected chi connectivity index (χ3v) is 10.2. The van der Waals surface area contributed by atoms with Gasteiger partial charge in [-0.05, 0) is 99.2 Å². The lowest BCUT2D eigenvalue weighted by atomic mass is 9.44. The summed E-state index contributed by atoms with van der Waals surface area (Å²) in [7, 11) is 0. The molecule has 0 aliphatic heterocycles. The number of hydrogen-bond donors (Lipinski definition) is 1. The standard InChI is InChI=1S/C26H40O5/c1-24(30)12-13-25(2)17(15-24)6-7-18-19-8-9-21(26(19,3)11-10-20(18)25)22(28)16-31-23(29)5-4-14-27/h14,17-21,30H,4-13,15-16H2,1-3H3/t17?,18-,19-,20?,21+,24+,25-,26-/m0/s1. The highest BCUT2D eigenvalue weighted by Gasteiger charge is 2.61. The van der Waals surface area contributed by atoms with Crippen LogP contribution in [-0.4, -0.2) is 35.4 Å². The summed E-state index contributed by atoms with van der Waals surface area (Å²) < 4.78 is 5.18. The molecule has 0 radical (unpaired) electrons. The molecule has 174 valence electrons. The van der Waals surface area contributed by atoms with E-state index in [1.807, 2.05) is 6.92 Å². The maximum atomic E-state index is 13.0. The zero-order valence-electron chi connectivity index (χ0n) is 19.5. The molecule has 4 rings (SSSR count). The molecule has 8 atom stereocenters. The summed E-state index contributed by atoms with van der Waals surface area (Å²) in [6.07, 6.45) is 10.6. The molecule has 4 aliphatic rings. The van der Waals surface area contributed by atoms with Gasteiger partial charge in [0, 0.05) is 12.3 Å². The Balaban J connectivity index is 1.43. The Hall–Kier alpha value is -1.23. The largest absolute Gasteiger partial charge is 0.458 e. The topological polar surface area (TPSA) is 80.7 Å². The van der Waals surface area contributed by atoms with Crippen LogP contribution in [0.15, 0.2) is 0 Å². The summed E-state index contributed by atoms with van der Waals surface area (Å²) in [5, 5.41) is 10.7. The van der Waals surface area contributed by atoms with Crippen LogP contribution in [0.2, 0.25) is 0 Å². The van der Waals surface area contributed by atoms with Crippen molar-refractivity contribution in [2.75, 3.05) is 6.61 Å². The molecule has 1 N–H and O–H groups in total. The lowest BCUT2D eigenvalue weighted by Crippen LogP contribution is -2.55. The van der Waals surface area contributed by atoms with E-state index in [0.717, 1.165) is 38.5 Å². The molecule has 0 heterocycles. The maximum absolute atomic E-state index is 13.0. The van der Waals surface area contributed by atoms with Gasteiger partial charge in [-0.25, -0.2) is 0 Å². The third-order valence-electron chi connectivity index (χ3n) is 10.2. The summed E-state index contributed by atoms with van der Waals surface area (Å²) in [5.41, 5.74) is -0.173. The van der Waals surface area contributed by atoms with Gasteiger partial charge < -0.3 is 14.6 Å². The van der Waals surface area contributed by atoms with Gasteiger partial charge in [0.05, 0.1) is 12.0 Å². The SMILES string of the molecule is C[C@@]1(O)CC[C@@]2(C)C(CC[C@@H]3C2CC[C@]2(C)[C@@H](C(=O)COC(=O)CCC=O)CC[C@@H]32)C1. The number of fused-ring (bicyclic) bond motifs is 5. The summed E-state index contributed by atoms with van der Waals surface area (Å²) in [6, 6.07) is 0. The number of esters is 1. The van der Waals surface area contributed by atoms with Crippen molar-refractivity contribution in [1.29, 1.82) is 0 Å². The third kappa shape index (κ3) is 4.00. The smallest absolute Gasteiger partial charge is 0.306 e. The Bertz CT molecular complexity index is 729. The van der Waals surface area contributed by atoms with Gasteiger partial charge in [0.25, 0.3) is 0 Å². The van der Waals surface area contributed by atoms with Crippen LogP contribution in [0.4, 0.5) is 0 Å². The molecule has 4 saturated carbocycles. The molecule has 0 bridgehead atoms. The van der Waals surface area contributed by atoms with Gasteiger partial charge in [-0.3, -0.25) is 9.59 Å². The Morgan fingerprint density at radius 2 is 1.71 bits per heavy atom. The Morgan fingerprint density at radius 3 is 2.45 bits per heavy atom. The van der Waals surface area contributed by atoms with Gasteiger partial charge in [0.1, 0.15) is 12.9 Å². The molecule has 2 unspecified atom stereocenters. The van der Waals surface area contributed by atoms with Crippen LogP contribution in [-0.2, 0) is 19.1 Å². The first-order valence-corrected chi connectivity index (χ1v) is 12.4. The molecule has 5 heteroatoms. The number of aliphatic hydroxyl groups is 1. The zero-order chi connectivity index (χ0) is 22.4. The molecule has 5 nitrogen and oxygen atoms in total. The molecule has 4 aliphatic carbocycles. The second kappa shape index (κ2) is 8.28. The monoisotopic (exact) mass is 432 g/mol. The quantitative estimate of drug-likeness (QED) is 0.494. The molecule has 0 amide bonds. The minimum Gasteiger partial charge on any atom is -0.458 e. The fourth-order valence-electron chi connectivity index (χ4n) is 8.46. The lowest BCUT2D eigenvalue weighted by molar-refractivity contribution is -0.156. The van der Waals surface area contributed by atoms with Crippen LogP contribution in [0.1, 0.15) is 91.4 Å². The van der Waals surface area contributed by atoms with Crippen molar-refractivity contribution < 1.29 is 24.2 Å². The number of rotatable bonds is 6. The van der Waals surface area contributed by atoms with Crippen molar-refractivity contribution in [1.82, 2.24) is 0 Å². The molecule has 0 aromatic heterocycles. The second-order valence-corrected chi connectivity index (χ2v) is 11.9. The first-order chi connectivity index (χ1) is 14.6. The van der Waals surface area contributed by atoms with Crippen molar-refractivity contribution in [3.8, 4) is 0 Å². The number of carbonyl (C=O) groups excluding carboxylic acids is 3. The zero-order valence-corrected chi connectivity index (χ0v) is 19.5. The summed E-state index contributed by atoms with van der Waals surface area (Å²) >= 11 is 0. The van der Waals surface area contributed by atoms with Crippen LogP contribution >= 0.6 is 0 Å². The summed E-state index contributed by atoms with van der Waals surface area (Å²) in [5.74, 6) is 2.17. The second-order valence-electron chi connectivity index (χ2n) is 11.9. The van der Waals surface area contributed by atoms with Gasteiger partial charge >= 0.3 is 5.97 Å². The van der Waals surface area contributed by atoms with Crippen LogP contribution in [0.3, 0.4) is 0 Å². The predicted octanol–water partition coefficient (Wildman–Crippen LogP) is 4.49. The fraction of sp³-hybridized carbons (Fsp3) is 0.885. The van der Waals surface area contributed by atoms with E-state index in [2.05, 4.69) is 13.8 Å². The van der Waals surface area contributed by atoms with Crippen molar-refractivity contribution in [2.24, 2.45) is 40.4 Å². The molecular weight excluding hydrogens is 392 g/mol. The van der Waals surface area contributed by atoms with Crippen molar-refractivity contribution in [2.45, 2.75) is 97.0 Å². The van der Waals surface area contributed by atoms with Gasteiger partial charge in [-0.1, -0.05) is 13.8 Å². The number of ketones is 1. The fourth-order valence-corrected chi connectivity index (χ4v) is 8.46. The van der Waals surface area contributed by atoms with Gasteiger partial charge in [-0.2, -0.15) is 0 Å². The Labute approximate surface area is 186 Å². The molecule has 4 fully saturated rings. The summed E-state index contributed by atoms with van der Waals surface area (Å²) in [4.78, 5) is 35.2. The van der Waals surface area contributed by atoms with E-state index in [1.54, 1.807) is 0 Å². The van der Waals surface area contributed by atoms with E-state index in [0.29, 0.717) is 35.4 Å². The van der Waals surface area contributed by atoms with E-state index < -0.39 is 11.6 Å². The first-order valence-electron chi connectivity index (χ1n) is 12.4. The van der Waals surface area contributed by atoms with Crippen LogP contribution in [0.25, 0.3) is 0 Å². The van der Waals surface area contributed by atoms with Crippen LogP contribution in [0, 0.1) is 40.4 Å². The van der Waals surface area contributed by atoms with Gasteiger partial charge in [-0.15, -0.1) is 0 Å². The molecular formula is C26H40O5. The highest BCUT2D eigenvalue weighted by atomic mass is 16.5. The molecule has 0 saturated heterocycles. The lowest BCUT2D eigenvalue weighted by Gasteiger charge is -2.61. The molecule has 0 aromatic carbocycles. The van der Waals surface area contributed by atoms with E-state index >= 15 is 0 Å². The number of aldehydes is 1. The van der Waals surface area contributed by atoms with Crippen molar-refractivity contribution in [3.05, 3.63) is 0 Å². The summed E-state index contributed by atoms with van der Waals surface area (Å²) in [6.45, 7) is 6.67. The Kier molecular flexibility index (Phi) is 6.13. The number of hydrogen-bond acceptors (Lipinski definition) is 5. The first kappa shape index (κ1) is 22.9. The number of ether oxygens (including phenoxy) is 1. The van der Waals surface area contributed by atoms with Gasteiger partial charge in [0.15, 0.2) is 5.78 Å². The number of Topliss-reactive ketones (excluding diaryl/α,β-unsaturated/α-hetero) is 1. The van der Waals surface area contributed by atoms with E-state index in [-0.39, 0.29) is 36.6 Å². The van der Waals surface area contributed by atoms with Crippen molar-refractivity contribution >= 4 is 18.0 Å². The minimum absolute atomic E-state index is 0.0107. The molecule has 0 spiro atoms. The predicted molar refractivity (Wildman–Crippen MR) is 117 cm³/mol. The molecule has 0 aromatic rings. The van der Waals surface area contributed by atoms with E-state index in [1.165, 1.54) is 19.3 Å².